The van der Waals surface area contributed by atoms with Gasteiger partial charge in [-0.25, -0.2) is 9.37 Å². The fourth-order valence-electron chi connectivity index (χ4n) is 2.12. The van der Waals surface area contributed by atoms with Crippen molar-refractivity contribution in [3.63, 3.8) is 0 Å². The van der Waals surface area contributed by atoms with E-state index in [1.54, 1.807) is 24.4 Å². The predicted octanol–water partition coefficient (Wildman–Crippen LogP) is 3.26. The van der Waals surface area contributed by atoms with Gasteiger partial charge in [0, 0.05) is 23.5 Å². The summed E-state index contributed by atoms with van der Waals surface area (Å²) >= 11 is 0. The van der Waals surface area contributed by atoms with Crippen molar-refractivity contribution in [3.8, 4) is 11.3 Å². The largest absolute Gasteiger partial charge is 0.306 e. The normalized spacial score (nSPS) is 10.8. The second-order valence-electron chi connectivity index (χ2n) is 4.44. The third-order valence-corrected chi connectivity index (χ3v) is 3.03. The Balaban J connectivity index is 2.18. The van der Waals surface area contributed by atoms with E-state index in [2.05, 4.69) is 4.98 Å². The number of carbonyl (C=O) groups excluding carboxylic acids is 1. The molecule has 3 rings (SSSR count). The van der Waals surface area contributed by atoms with Crippen LogP contribution in [0.15, 0.2) is 42.7 Å². The summed E-state index contributed by atoms with van der Waals surface area (Å²) in [6, 6.07) is 7.98. The van der Waals surface area contributed by atoms with Gasteiger partial charge in [0.25, 0.3) is 0 Å². The molecule has 3 aromatic rings. The number of pyridine rings is 1. The van der Waals surface area contributed by atoms with E-state index in [4.69, 9.17) is 0 Å². The van der Waals surface area contributed by atoms with Gasteiger partial charge in [-0.2, -0.15) is 0 Å². The molecular formula is C15H11FN2O. The van der Waals surface area contributed by atoms with Crippen molar-refractivity contribution in [2.24, 2.45) is 0 Å². The SMILES string of the molecule is Cc1cc(C=O)cn2cc(-c3ccc(F)cc3)nc12. The predicted molar refractivity (Wildman–Crippen MR) is 70.7 cm³/mol. The number of hydrogen-bond donors (Lipinski definition) is 0. The maximum absolute atomic E-state index is 12.9. The number of rotatable bonds is 2. The molecule has 94 valence electrons. The lowest BCUT2D eigenvalue weighted by molar-refractivity contribution is 0.112. The van der Waals surface area contributed by atoms with Gasteiger partial charge >= 0.3 is 0 Å². The highest BCUT2D eigenvalue weighted by Gasteiger charge is 2.07. The average molecular weight is 254 g/mol. The van der Waals surface area contributed by atoms with E-state index in [1.807, 2.05) is 17.5 Å². The van der Waals surface area contributed by atoms with Crippen molar-refractivity contribution in [1.29, 1.82) is 0 Å². The van der Waals surface area contributed by atoms with Crippen LogP contribution in [0.4, 0.5) is 4.39 Å². The summed E-state index contributed by atoms with van der Waals surface area (Å²) in [5, 5.41) is 0. The number of aldehydes is 1. The minimum Gasteiger partial charge on any atom is -0.306 e. The molecule has 0 aliphatic carbocycles. The van der Waals surface area contributed by atoms with E-state index in [-0.39, 0.29) is 5.82 Å². The van der Waals surface area contributed by atoms with Crippen molar-refractivity contribution in [2.75, 3.05) is 0 Å². The number of hydrogen-bond acceptors (Lipinski definition) is 2. The van der Waals surface area contributed by atoms with Crippen LogP contribution in [-0.4, -0.2) is 15.7 Å². The topological polar surface area (TPSA) is 34.4 Å². The van der Waals surface area contributed by atoms with Gasteiger partial charge in [-0.15, -0.1) is 0 Å². The van der Waals surface area contributed by atoms with Gasteiger partial charge in [0.1, 0.15) is 11.5 Å². The van der Waals surface area contributed by atoms with E-state index < -0.39 is 0 Å². The summed E-state index contributed by atoms with van der Waals surface area (Å²) in [6.45, 7) is 1.91. The van der Waals surface area contributed by atoms with Crippen LogP contribution in [0.25, 0.3) is 16.9 Å². The molecule has 0 bridgehead atoms. The zero-order chi connectivity index (χ0) is 13.4. The van der Waals surface area contributed by atoms with Crippen LogP contribution in [-0.2, 0) is 0 Å². The lowest BCUT2D eigenvalue weighted by Crippen LogP contribution is -1.91. The highest BCUT2D eigenvalue weighted by Crippen LogP contribution is 2.21. The Bertz CT molecular complexity index is 760. The monoisotopic (exact) mass is 254 g/mol. The highest BCUT2D eigenvalue weighted by atomic mass is 19.1. The first kappa shape index (κ1) is 11.6. The van der Waals surface area contributed by atoms with E-state index in [0.29, 0.717) is 5.56 Å². The quantitative estimate of drug-likeness (QED) is 0.658. The number of imidazole rings is 1. The Kier molecular flexibility index (Phi) is 2.63. The molecule has 0 atom stereocenters. The molecule has 0 radical (unpaired) electrons. The van der Waals surface area contributed by atoms with Crippen LogP contribution >= 0.6 is 0 Å². The number of carbonyl (C=O) groups is 1. The first-order valence-corrected chi connectivity index (χ1v) is 5.88. The molecule has 0 saturated carbocycles. The van der Waals surface area contributed by atoms with Gasteiger partial charge < -0.3 is 4.40 Å². The molecule has 0 N–H and O–H groups in total. The van der Waals surface area contributed by atoms with Crippen LogP contribution in [0.5, 0.6) is 0 Å². The third kappa shape index (κ3) is 2.01. The zero-order valence-electron chi connectivity index (χ0n) is 10.3. The molecule has 2 aromatic heterocycles. The minimum absolute atomic E-state index is 0.271. The molecule has 3 nitrogen and oxygen atoms in total. The summed E-state index contributed by atoms with van der Waals surface area (Å²) in [6.07, 6.45) is 4.38. The van der Waals surface area contributed by atoms with Gasteiger partial charge in [0.15, 0.2) is 6.29 Å². The molecule has 1 aromatic carbocycles. The summed E-state index contributed by atoms with van der Waals surface area (Å²) in [5.41, 5.74) is 3.93. The fraction of sp³-hybridized carbons (Fsp3) is 0.0667. The van der Waals surface area contributed by atoms with Gasteiger partial charge in [-0.1, -0.05) is 0 Å². The van der Waals surface area contributed by atoms with Crippen molar-refractivity contribution in [2.45, 2.75) is 6.92 Å². The Morgan fingerprint density at radius 3 is 2.63 bits per heavy atom. The van der Waals surface area contributed by atoms with Gasteiger partial charge in [-0.3, -0.25) is 4.79 Å². The number of benzene rings is 1. The molecule has 0 aliphatic rings. The average Bonchev–Trinajstić information content (AvgIpc) is 2.84. The summed E-state index contributed by atoms with van der Waals surface area (Å²) in [7, 11) is 0. The number of nitrogens with zero attached hydrogens (tertiary/aromatic N) is 2. The molecule has 19 heavy (non-hydrogen) atoms. The maximum atomic E-state index is 12.9. The summed E-state index contributed by atoms with van der Waals surface area (Å²) in [4.78, 5) is 15.4. The van der Waals surface area contributed by atoms with Crippen molar-refractivity contribution >= 4 is 11.9 Å². The number of halogens is 1. The molecule has 0 unspecified atom stereocenters. The lowest BCUT2D eigenvalue weighted by Gasteiger charge is -1.98. The second kappa shape index (κ2) is 4.31. The van der Waals surface area contributed by atoms with Crippen LogP contribution < -0.4 is 0 Å². The van der Waals surface area contributed by atoms with Crippen LogP contribution in [0, 0.1) is 12.7 Å². The van der Waals surface area contributed by atoms with Crippen molar-refractivity contribution in [3.05, 3.63) is 59.7 Å². The molecular weight excluding hydrogens is 243 g/mol. The highest BCUT2D eigenvalue weighted by molar-refractivity contribution is 5.76. The molecule has 4 heteroatoms. The van der Waals surface area contributed by atoms with Gasteiger partial charge in [0.2, 0.25) is 0 Å². The van der Waals surface area contributed by atoms with E-state index in [9.17, 15) is 9.18 Å². The van der Waals surface area contributed by atoms with Crippen LogP contribution in [0.3, 0.4) is 0 Å². The lowest BCUT2D eigenvalue weighted by atomic mass is 10.2. The minimum atomic E-state index is -0.271. The van der Waals surface area contributed by atoms with Gasteiger partial charge in [0.05, 0.1) is 5.69 Å². The molecule has 2 heterocycles. The fourth-order valence-corrected chi connectivity index (χ4v) is 2.12. The molecule has 0 spiro atoms. The molecule has 0 amide bonds. The Morgan fingerprint density at radius 1 is 1.21 bits per heavy atom. The smallest absolute Gasteiger partial charge is 0.151 e. The Hall–Kier alpha value is -2.49. The number of aromatic nitrogens is 2. The van der Waals surface area contributed by atoms with Crippen LogP contribution in [0.1, 0.15) is 15.9 Å². The first-order chi connectivity index (χ1) is 9.17. The van der Waals surface area contributed by atoms with E-state index in [1.165, 1.54) is 12.1 Å². The van der Waals surface area contributed by atoms with Crippen molar-refractivity contribution < 1.29 is 9.18 Å². The number of aryl methyl sites for hydroxylation is 1. The van der Waals surface area contributed by atoms with Gasteiger partial charge in [-0.05, 0) is 42.8 Å². The van der Waals surface area contributed by atoms with E-state index >= 15 is 0 Å². The first-order valence-electron chi connectivity index (χ1n) is 5.88. The van der Waals surface area contributed by atoms with E-state index in [0.717, 1.165) is 28.8 Å². The molecule has 0 fully saturated rings. The third-order valence-electron chi connectivity index (χ3n) is 3.03. The number of fused-ring (bicyclic) bond motifs is 1. The molecule has 0 aliphatic heterocycles. The van der Waals surface area contributed by atoms with Crippen molar-refractivity contribution in [1.82, 2.24) is 9.38 Å². The molecule has 0 saturated heterocycles. The van der Waals surface area contributed by atoms with Crippen LogP contribution in [0.2, 0.25) is 0 Å². The Morgan fingerprint density at radius 2 is 1.95 bits per heavy atom. The zero-order valence-corrected chi connectivity index (χ0v) is 10.3. The summed E-state index contributed by atoms with van der Waals surface area (Å²) < 4.78 is 14.7. The summed E-state index contributed by atoms with van der Waals surface area (Å²) in [5.74, 6) is -0.271. The second-order valence-corrected chi connectivity index (χ2v) is 4.44. The Labute approximate surface area is 109 Å². The maximum Gasteiger partial charge on any atom is 0.151 e. The standard InChI is InChI=1S/C15H11FN2O/c1-10-6-11(9-19)7-18-8-14(17-15(10)18)12-2-4-13(16)5-3-12/h2-9H,1H3.